The van der Waals surface area contributed by atoms with Gasteiger partial charge in [-0.25, -0.2) is 0 Å². The Morgan fingerprint density at radius 2 is 2.00 bits per heavy atom. The maximum atomic E-state index is 3.48. The molecule has 0 aromatic heterocycles. The Hall–Kier alpha value is -0.0800. The van der Waals surface area contributed by atoms with Gasteiger partial charge in [0.2, 0.25) is 0 Å². The van der Waals surface area contributed by atoms with Gasteiger partial charge in [0.25, 0.3) is 0 Å². The van der Waals surface area contributed by atoms with Gasteiger partial charge in [-0.15, -0.1) is 0 Å². The lowest BCUT2D eigenvalue weighted by atomic mass is 9.86. The number of rotatable bonds is 8. The molecule has 1 aliphatic rings. The lowest BCUT2D eigenvalue weighted by Crippen LogP contribution is -2.36. The molecule has 0 saturated heterocycles. The van der Waals surface area contributed by atoms with Crippen LogP contribution in [0.3, 0.4) is 0 Å². The minimum absolute atomic E-state index is 0.863. The zero-order chi connectivity index (χ0) is 12.5. The van der Waals surface area contributed by atoms with Crippen molar-refractivity contribution in [2.24, 2.45) is 5.92 Å². The molecule has 1 fully saturated rings. The van der Waals surface area contributed by atoms with Crippen molar-refractivity contribution in [1.82, 2.24) is 10.2 Å². The number of hydrogen-bond acceptors (Lipinski definition) is 2. The van der Waals surface area contributed by atoms with E-state index in [0.717, 1.165) is 12.0 Å². The van der Waals surface area contributed by atoms with Crippen molar-refractivity contribution in [3.05, 3.63) is 0 Å². The van der Waals surface area contributed by atoms with Crippen molar-refractivity contribution < 1.29 is 0 Å². The summed E-state index contributed by atoms with van der Waals surface area (Å²) in [6.07, 6.45) is 9.66. The molecule has 2 atom stereocenters. The first kappa shape index (κ1) is 15.0. The Kier molecular flexibility index (Phi) is 7.87. The van der Waals surface area contributed by atoms with Gasteiger partial charge in [0, 0.05) is 6.04 Å². The third-order valence-electron chi connectivity index (χ3n) is 4.07. The van der Waals surface area contributed by atoms with Crippen LogP contribution in [0.1, 0.15) is 58.8 Å². The summed E-state index contributed by atoms with van der Waals surface area (Å²) in [5.41, 5.74) is 0. The van der Waals surface area contributed by atoms with Crippen LogP contribution in [-0.4, -0.2) is 37.6 Å². The Bertz CT molecular complexity index is 182. The van der Waals surface area contributed by atoms with E-state index >= 15 is 0 Å². The highest BCUT2D eigenvalue weighted by molar-refractivity contribution is 4.76. The minimum atomic E-state index is 0.863. The number of unbranched alkanes of at least 4 members (excludes halogenated alkanes) is 1. The van der Waals surface area contributed by atoms with E-state index in [1.807, 2.05) is 0 Å². The van der Waals surface area contributed by atoms with Crippen LogP contribution in [0.4, 0.5) is 0 Å². The van der Waals surface area contributed by atoms with E-state index in [9.17, 15) is 0 Å². The first-order chi connectivity index (χ1) is 8.24. The summed E-state index contributed by atoms with van der Waals surface area (Å²) < 4.78 is 0. The molecule has 0 bridgehead atoms. The molecule has 102 valence electrons. The fraction of sp³-hybridized carbons (Fsp3) is 1.00. The largest absolute Gasteiger partial charge is 0.317 e. The van der Waals surface area contributed by atoms with E-state index in [-0.39, 0.29) is 0 Å². The zero-order valence-electron chi connectivity index (χ0n) is 12.2. The van der Waals surface area contributed by atoms with Crippen LogP contribution in [0.2, 0.25) is 0 Å². The molecule has 0 aromatic rings. The van der Waals surface area contributed by atoms with Crippen LogP contribution >= 0.6 is 0 Å². The van der Waals surface area contributed by atoms with Crippen molar-refractivity contribution in [3.8, 4) is 0 Å². The van der Waals surface area contributed by atoms with Gasteiger partial charge in [-0.05, 0) is 64.7 Å². The average Bonchev–Trinajstić information content (AvgIpc) is 2.33. The van der Waals surface area contributed by atoms with Gasteiger partial charge in [0.05, 0.1) is 0 Å². The van der Waals surface area contributed by atoms with Crippen LogP contribution in [0.5, 0.6) is 0 Å². The molecule has 17 heavy (non-hydrogen) atoms. The lowest BCUT2D eigenvalue weighted by molar-refractivity contribution is 0.162. The fourth-order valence-electron chi connectivity index (χ4n) is 2.90. The third-order valence-corrected chi connectivity index (χ3v) is 4.07. The molecule has 2 nitrogen and oxygen atoms in total. The van der Waals surface area contributed by atoms with Crippen LogP contribution in [-0.2, 0) is 0 Å². The molecule has 0 radical (unpaired) electrons. The summed E-state index contributed by atoms with van der Waals surface area (Å²) in [4.78, 5) is 2.61. The second-order valence-electron chi connectivity index (χ2n) is 5.86. The van der Waals surface area contributed by atoms with Gasteiger partial charge < -0.3 is 10.2 Å². The molecule has 1 N–H and O–H groups in total. The molecular formula is C15H32N2. The molecule has 0 heterocycles. The van der Waals surface area contributed by atoms with E-state index in [2.05, 4.69) is 31.1 Å². The SMILES string of the molecule is CCCNCCCCN(C)C1CCCC(C)C1. The van der Waals surface area contributed by atoms with Gasteiger partial charge in [-0.1, -0.05) is 26.7 Å². The Balaban J connectivity index is 2.02. The van der Waals surface area contributed by atoms with E-state index in [1.54, 1.807) is 0 Å². The highest BCUT2D eigenvalue weighted by Gasteiger charge is 2.21. The molecule has 1 rings (SSSR count). The predicted octanol–water partition coefficient (Wildman–Crippen LogP) is 3.28. The lowest BCUT2D eigenvalue weighted by Gasteiger charge is -2.34. The summed E-state index contributed by atoms with van der Waals surface area (Å²) in [5.74, 6) is 0.947. The van der Waals surface area contributed by atoms with Crippen molar-refractivity contribution in [1.29, 1.82) is 0 Å². The molecule has 1 saturated carbocycles. The third kappa shape index (κ3) is 6.42. The monoisotopic (exact) mass is 240 g/mol. The average molecular weight is 240 g/mol. The minimum Gasteiger partial charge on any atom is -0.317 e. The summed E-state index contributed by atoms with van der Waals surface area (Å²) in [7, 11) is 2.32. The number of nitrogens with one attached hydrogen (secondary N) is 1. The first-order valence-electron chi connectivity index (χ1n) is 7.65. The van der Waals surface area contributed by atoms with Crippen molar-refractivity contribution >= 4 is 0 Å². The smallest absolute Gasteiger partial charge is 0.00947 e. The Labute approximate surface area is 108 Å². The first-order valence-corrected chi connectivity index (χ1v) is 7.65. The van der Waals surface area contributed by atoms with Crippen LogP contribution < -0.4 is 5.32 Å². The van der Waals surface area contributed by atoms with Crippen LogP contribution in [0, 0.1) is 5.92 Å². The normalized spacial score (nSPS) is 25.4. The highest BCUT2D eigenvalue weighted by atomic mass is 15.1. The molecule has 0 aromatic carbocycles. The second kappa shape index (κ2) is 8.93. The standard InChI is InChI=1S/C15H32N2/c1-4-10-16-11-5-6-12-17(3)15-9-7-8-14(2)13-15/h14-16H,4-13H2,1-3H3. The van der Waals surface area contributed by atoms with Crippen molar-refractivity contribution in [2.75, 3.05) is 26.7 Å². The fourth-order valence-corrected chi connectivity index (χ4v) is 2.90. The Morgan fingerprint density at radius 3 is 2.71 bits per heavy atom. The maximum absolute atomic E-state index is 3.48. The second-order valence-corrected chi connectivity index (χ2v) is 5.86. The maximum Gasteiger partial charge on any atom is 0.00947 e. The molecular weight excluding hydrogens is 208 g/mol. The predicted molar refractivity (Wildman–Crippen MR) is 76.4 cm³/mol. The van der Waals surface area contributed by atoms with E-state index in [0.29, 0.717) is 0 Å². The molecule has 1 aliphatic carbocycles. The van der Waals surface area contributed by atoms with Gasteiger partial charge in [0.1, 0.15) is 0 Å². The highest BCUT2D eigenvalue weighted by Crippen LogP contribution is 2.26. The molecule has 0 aliphatic heterocycles. The van der Waals surface area contributed by atoms with E-state index < -0.39 is 0 Å². The van der Waals surface area contributed by atoms with Gasteiger partial charge in [-0.2, -0.15) is 0 Å². The molecule has 2 heteroatoms. The molecule has 2 unspecified atom stereocenters. The number of nitrogens with zero attached hydrogens (tertiary/aromatic N) is 1. The topological polar surface area (TPSA) is 15.3 Å². The summed E-state index contributed by atoms with van der Waals surface area (Å²) in [6.45, 7) is 8.30. The van der Waals surface area contributed by atoms with Gasteiger partial charge in [0.15, 0.2) is 0 Å². The van der Waals surface area contributed by atoms with Crippen molar-refractivity contribution in [3.63, 3.8) is 0 Å². The van der Waals surface area contributed by atoms with Crippen LogP contribution in [0.25, 0.3) is 0 Å². The van der Waals surface area contributed by atoms with Crippen molar-refractivity contribution in [2.45, 2.75) is 64.8 Å². The molecule has 0 spiro atoms. The zero-order valence-corrected chi connectivity index (χ0v) is 12.2. The summed E-state index contributed by atoms with van der Waals surface area (Å²) in [5, 5.41) is 3.48. The van der Waals surface area contributed by atoms with Gasteiger partial charge >= 0.3 is 0 Å². The van der Waals surface area contributed by atoms with Crippen LogP contribution in [0.15, 0.2) is 0 Å². The van der Waals surface area contributed by atoms with Gasteiger partial charge in [-0.3, -0.25) is 0 Å². The summed E-state index contributed by atoms with van der Waals surface area (Å²) >= 11 is 0. The summed E-state index contributed by atoms with van der Waals surface area (Å²) in [6, 6.07) is 0.863. The quantitative estimate of drug-likeness (QED) is 0.655. The number of hydrogen-bond donors (Lipinski definition) is 1. The van der Waals surface area contributed by atoms with E-state index in [4.69, 9.17) is 0 Å². The van der Waals surface area contributed by atoms with E-state index in [1.165, 1.54) is 64.6 Å². The molecule has 0 amide bonds. The Morgan fingerprint density at radius 1 is 1.18 bits per heavy atom.